The molecule has 1 atom stereocenters. The number of likely N-dealkylation sites (N-methyl/N-ethyl adjacent to an activating group) is 1. The van der Waals surface area contributed by atoms with Crippen molar-refractivity contribution in [3.8, 4) is 16.9 Å². The van der Waals surface area contributed by atoms with E-state index in [1.165, 1.54) is 6.42 Å². The van der Waals surface area contributed by atoms with Crippen molar-refractivity contribution in [2.24, 2.45) is 5.41 Å². The number of amides is 2. The summed E-state index contributed by atoms with van der Waals surface area (Å²) in [6, 6.07) is 12.7. The third-order valence-corrected chi connectivity index (χ3v) is 10.3. The van der Waals surface area contributed by atoms with Crippen molar-refractivity contribution in [1.29, 1.82) is 0 Å². The number of benzene rings is 2. The number of fused-ring (bicyclic) bond motifs is 1. The summed E-state index contributed by atoms with van der Waals surface area (Å²) in [5.74, 6) is 0.263. The van der Waals surface area contributed by atoms with E-state index < -0.39 is 16.1 Å². The van der Waals surface area contributed by atoms with Crippen molar-refractivity contribution in [2.75, 3.05) is 46.4 Å². The highest BCUT2D eigenvalue weighted by molar-refractivity contribution is 7.89. The Morgan fingerprint density at radius 2 is 1.76 bits per heavy atom. The Morgan fingerprint density at radius 3 is 2.46 bits per heavy atom. The highest BCUT2D eigenvalue weighted by atomic mass is 35.5. The van der Waals surface area contributed by atoms with E-state index in [0.717, 1.165) is 36.8 Å². The number of halogens is 1. The number of ether oxygens (including phenoxy) is 1. The molecule has 9 nitrogen and oxygen atoms in total. The maximum Gasteiger partial charge on any atom is 0.317 e. The Bertz CT molecular complexity index is 1310. The number of piperidine rings is 1. The molecule has 3 N–H and O–H groups in total. The number of likely N-dealkylation sites (tertiary alicyclic amines) is 1. The second kappa shape index (κ2) is 12.9. The van der Waals surface area contributed by atoms with Crippen LogP contribution in [0.2, 0.25) is 5.02 Å². The number of urea groups is 1. The third kappa shape index (κ3) is 7.53. The molecule has 41 heavy (non-hydrogen) atoms. The molecule has 2 fully saturated rings. The number of hydrogen-bond acceptors (Lipinski definition) is 6. The summed E-state index contributed by atoms with van der Waals surface area (Å²) >= 11 is 6.07. The van der Waals surface area contributed by atoms with E-state index >= 15 is 0 Å². The first-order chi connectivity index (χ1) is 19.6. The molecule has 3 aliphatic rings. The zero-order valence-electron chi connectivity index (χ0n) is 23.6. The maximum absolute atomic E-state index is 13.3. The Labute approximate surface area is 248 Å². The van der Waals surface area contributed by atoms with Gasteiger partial charge in [-0.3, -0.25) is 0 Å². The summed E-state index contributed by atoms with van der Waals surface area (Å²) in [5.41, 5.74) is 1.38. The minimum atomic E-state index is -3.94. The largest absolute Gasteiger partial charge is 0.492 e. The van der Waals surface area contributed by atoms with Crippen molar-refractivity contribution in [1.82, 2.24) is 19.8 Å². The van der Waals surface area contributed by atoms with Crippen LogP contribution in [0.4, 0.5) is 4.79 Å². The first-order valence-corrected chi connectivity index (χ1v) is 16.4. The molecular formula is C30H41ClN4O5S. The number of carbonyl (C=O) groups excluding carboxylic acids is 1. The van der Waals surface area contributed by atoms with Crippen LogP contribution in [0.15, 0.2) is 47.4 Å². The summed E-state index contributed by atoms with van der Waals surface area (Å²) in [5, 5.41) is 14.5. The Morgan fingerprint density at radius 1 is 1.07 bits per heavy atom. The van der Waals surface area contributed by atoms with E-state index in [0.29, 0.717) is 44.0 Å². The van der Waals surface area contributed by atoms with Crippen molar-refractivity contribution >= 4 is 27.7 Å². The average molecular weight is 605 g/mol. The van der Waals surface area contributed by atoms with Crippen molar-refractivity contribution in [3.05, 3.63) is 47.5 Å². The van der Waals surface area contributed by atoms with Gasteiger partial charge in [-0.05, 0) is 68.1 Å². The highest BCUT2D eigenvalue weighted by Gasteiger charge is 2.39. The first-order valence-electron chi connectivity index (χ1n) is 14.6. The lowest BCUT2D eigenvalue weighted by molar-refractivity contribution is 0.0239. The molecule has 5 rings (SSSR count). The van der Waals surface area contributed by atoms with Crippen LogP contribution in [0.3, 0.4) is 0 Å². The molecule has 2 aromatic rings. The molecule has 0 radical (unpaired) electrons. The van der Waals surface area contributed by atoms with Crippen LogP contribution in [0.1, 0.15) is 44.9 Å². The fraction of sp³-hybridized carbons (Fsp3) is 0.567. The number of aliphatic hydroxyl groups excluding tert-OH is 1. The minimum absolute atomic E-state index is 0.000260. The number of β-amino-alcohol motifs (C(OH)–C–C–N with tert-alkyl or cyclic N) is 1. The van der Waals surface area contributed by atoms with Crippen LogP contribution in [-0.4, -0.2) is 87.9 Å². The van der Waals surface area contributed by atoms with E-state index in [4.69, 9.17) is 16.3 Å². The summed E-state index contributed by atoms with van der Waals surface area (Å²) in [6.07, 6.45) is 6.20. The SMILES string of the molecule is CN1CC(O)CNS(=O)(=O)c2ccc(-c3ccc(Cl)cc3)cc2OCC2(CCN(C(=O)NC3CCCCC3)CC2)C1. The van der Waals surface area contributed by atoms with Crippen LogP contribution >= 0.6 is 11.6 Å². The first kappa shape index (κ1) is 30.1. The van der Waals surface area contributed by atoms with Gasteiger partial charge in [0.1, 0.15) is 10.6 Å². The quantitative estimate of drug-likeness (QED) is 0.476. The monoisotopic (exact) mass is 604 g/mol. The van der Waals surface area contributed by atoms with Gasteiger partial charge in [-0.2, -0.15) is 0 Å². The summed E-state index contributed by atoms with van der Waals surface area (Å²) in [4.78, 5) is 17.0. The number of sulfonamides is 1. The zero-order chi connectivity index (χ0) is 29.0. The lowest BCUT2D eigenvalue weighted by Gasteiger charge is -2.44. The van der Waals surface area contributed by atoms with Crippen LogP contribution < -0.4 is 14.8 Å². The molecular weight excluding hydrogens is 564 g/mol. The smallest absolute Gasteiger partial charge is 0.317 e. The predicted molar refractivity (Wildman–Crippen MR) is 160 cm³/mol. The topological polar surface area (TPSA) is 111 Å². The fourth-order valence-electron chi connectivity index (χ4n) is 6.29. The van der Waals surface area contributed by atoms with E-state index in [2.05, 4.69) is 10.0 Å². The van der Waals surface area contributed by atoms with E-state index in [-0.39, 0.29) is 41.3 Å². The van der Waals surface area contributed by atoms with Gasteiger partial charge in [-0.1, -0.05) is 49.1 Å². The number of carbonyl (C=O) groups is 1. The van der Waals surface area contributed by atoms with Gasteiger partial charge in [0.15, 0.2) is 0 Å². The van der Waals surface area contributed by atoms with E-state index in [1.54, 1.807) is 30.3 Å². The molecule has 0 bridgehead atoms. The molecule has 1 saturated heterocycles. The Hall–Kier alpha value is -2.37. The predicted octanol–water partition coefficient (Wildman–Crippen LogP) is 4.09. The van der Waals surface area contributed by atoms with Crippen LogP contribution in [0.25, 0.3) is 11.1 Å². The summed E-state index contributed by atoms with van der Waals surface area (Å²) in [6.45, 7) is 2.34. The van der Waals surface area contributed by atoms with Crippen LogP contribution in [0, 0.1) is 5.41 Å². The molecule has 224 valence electrons. The molecule has 2 heterocycles. The molecule has 1 spiro atoms. The van der Waals surface area contributed by atoms with Crippen molar-refractivity contribution < 1.29 is 23.1 Å². The normalized spacial score (nSPS) is 24.0. The van der Waals surface area contributed by atoms with Gasteiger partial charge in [-0.15, -0.1) is 0 Å². The third-order valence-electron chi connectivity index (χ3n) is 8.63. The number of hydrogen-bond donors (Lipinski definition) is 3. The molecule has 1 unspecified atom stereocenters. The standard InChI is InChI=1S/C30H41ClN4O5S/c1-34-19-26(36)18-32-41(38,39)28-12-9-23(22-7-10-24(31)11-8-22)17-27(28)40-21-30(20-34)13-15-35(16-14-30)29(37)33-25-5-3-2-4-6-25/h7-12,17,25-26,32,36H,2-6,13-16,18-21H2,1H3,(H,33,37). The molecule has 2 aromatic carbocycles. The second-order valence-corrected chi connectivity index (χ2v) is 14.1. The van der Waals surface area contributed by atoms with Gasteiger partial charge >= 0.3 is 6.03 Å². The number of nitrogens with one attached hydrogen (secondary N) is 2. The van der Waals surface area contributed by atoms with E-state index in [1.807, 2.05) is 29.0 Å². The molecule has 2 aliphatic heterocycles. The Kier molecular flexibility index (Phi) is 9.45. The van der Waals surface area contributed by atoms with Gasteiger partial charge in [0.05, 0.1) is 12.7 Å². The number of rotatable bonds is 2. The Balaban J connectivity index is 1.38. The van der Waals surface area contributed by atoms with Crippen molar-refractivity contribution in [3.63, 3.8) is 0 Å². The van der Waals surface area contributed by atoms with Gasteiger partial charge in [0, 0.05) is 49.2 Å². The van der Waals surface area contributed by atoms with Gasteiger partial charge < -0.3 is 25.0 Å². The molecule has 1 saturated carbocycles. The molecule has 2 amide bonds. The number of nitrogens with zero attached hydrogens (tertiary/aromatic N) is 2. The van der Waals surface area contributed by atoms with Gasteiger partial charge in [0.2, 0.25) is 10.0 Å². The lowest BCUT2D eigenvalue weighted by Crippen LogP contribution is -2.54. The molecule has 1 aliphatic carbocycles. The zero-order valence-corrected chi connectivity index (χ0v) is 25.2. The summed E-state index contributed by atoms with van der Waals surface area (Å²) in [7, 11) is -2.01. The number of aliphatic hydroxyl groups is 1. The molecule has 0 aromatic heterocycles. The van der Waals surface area contributed by atoms with Crippen LogP contribution in [0.5, 0.6) is 5.75 Å². The van der Waals surface area contributed by atoms with Gasteiger partial charge in [-0.25, -0.2) is 17.9 Å². The van der Waals surface area contributed by atoms with E-state index in [9.17, 15) is 18.3 Å². The lowest BCUT2D eigenvalue weighted by atomic mass is 9.78. The maximum atomic E-state index is 13.3. The second-order valence-electron chi connectivity index (χ2n) is 11.9. The highest BCUT2D eigenvalue weighted by Crippen LogP contribution is 2.37. The molecule has 11 heteroatoms. The fourth-order valence-corrected chi connectivity index (χ4v) is 7.61. The summed E-state index contributed by atoms with van der Waals surface area (Å²) < 4.78 is 35.5. The average Bonchev–Trinajstić information content (AvgIpc) is 2.96. The van der Waals surface area contributed by atoms with Gasteiger partial charge in [0.25, 0.3) is 0 Å². The minimum Gasteiger partial charge on any atom is -0.492 e. The van der Waals surface area contributed by atoms with Crippen LogP contribution in [-0.2, 0) is 10.0 Å². The van der Waals surface area contributed by atoms with Crippen molar-refractivity contribution in [2.45, 2.75) is 62.0 Å².